The molecule has 0 unspecified atom stereocenters. The molecule has 5 rings (SSSR count). The first-order chi connectivity index (χ1) is 16.9. The minimum Gasteiger partial charge on any atom is -0.383 e. The van der Waals surface area contributed by atoms with E-state index in [2.05, 4.69) is 47.5 Å². The van der Waals surface area contributed by atoms with Crippen LogP contribution in [0.4, 0.5) is 11.5 Å². The van der Waals surface area contributed by atoms with Crippen LogP contribution in [-0.2, 0) is 16.0 Å². The molecule has 2 aromatic heterocycles. The quantitative estimate of drug-likeness (QED) is 0.505. The first-order valence-corrected chi connectivity index (χ1v) is 13.1. The number of pyridine rings is 1. The molecule has 1 aliphatic heterocycles. The van der Waals surface area contributed by atoms with E-state index < -0.39 is 11.8 Å². The highest BCUT2D eigenvalue weighted by molar-refractivity contribution is 7.18. The Bertz CT molecular complexity index is 1250. The van der Waals surface area contributed by atoms with E-state index >= 15 is 0 Å². The third kappa shape index (κ3) is 5.31. The number of carbonyl (C=O) groups excluding carboxylic acids is 2. The lowest BCUT2D eigenvalue weighted by Gasteiger charge is -2.35. The summed E-state index contributed by atoms with van der Waals surface area (Å²) < 4.78 is 1.15. The van der Waals surface area contributed by atoms with E-state index in [1.54, 1.807) is 16.2 Å². The smallest absolute Gasteiger partial charge is 0.313 e. The first-order valence-electron chi connectivity index (χ1n) is 12.3. The third-order valence-electron chi connectivity index (χ3n) is 6.80. The van der Waals surface area contributed by atoms with Gasteiger partial charge in [0.1, 0.15) is 5.82 Å². The number of likely N-dealkylation sites (tertiary alicyclic amines) is 1. The molecular weight excluding hydrogens is 460 g/mol. The number of nitrogens with one attached hydrogen (secondary N) is 1. The van der Waals surface area contributed by atoms with Crippen LogP contribution in [-0.4, -0.2) is 58.8 Å². The summed E-state index contributed by atoms with van der Waals surface area (Å²) >= 11 is 1.72. The van der Waals surface area contributed by atoms with Crippen LogP contribution < -0.4 is 11.1 Å². The number of anilines is 2. The van der Waals surface area contributed by atoms with Crippen LogP contribution in [0.2, 0.25) is 0 Å². The second-order valence-electron chi connectivity index (χ2n) is 9.83. The number of nitrogens with zero attached hydrogens (tertiary/aromatic N) is 4. The number of piperidine rings is 1. The highest BCUT2D eigenvalue weighted by atomic mass is 32.1. The normalized spacial score (nSPS) is 18.3. The van der Waals surface area contributed by atoms with E-state index in [0.717, 1.165) is 71.4 Å². The fraction of sp³-hybridized carbons (Fsp3) is 0.462. The molecule has 3 N–H and O–H groups in total. The van der Waals surface area contributed by atoms with E-state index in [0.29, 0.717) is 24.0 Å². The molecule has 3 aromatic rings. The average molecular weight is 493 g/mol. The summed E-state index contributed by atoms with van der Waals surface area (Å²) in [6, 6.07) is 7.98. The molecule has 9 heteroatoms. The zero-order chi connectivity index (χ0) is 24.5. The Morgan fingerprint density at radius 1 is 1.20 bits per heavy atom. The molecule has 0 spiro atoms. The van der Waals surface area contributed by atoms with Gasteiger partial charge in [0.15, 0.2) is 0 Å². The van der Waals surface area contributed by atoms with E-state index in [-0.39, 0.29) is 6.04 Å². The molecule has 8 nitrogen and oxygen atoms in total. The maximum atomic E-state index is 13.3. The largest absolute Gasteiger partial charge is 0.383 e. The number of nitrogens with two attached hydrogens (primary N) is 1. The number of thiazole rings is 1. The van der Waals surface area contributed by atoms with Crippen LogP contribution in [0.1, 0.15) is 60.2 Å². The van der Waals surface area contributed by atoms with Gasteiger partial charge in [0.2, 0.25) is 0 Å². The number of carbonyl (C=O) groups is 2. The lowest BCUT2D eigenvalue weighted by atomic mass is 9.95. The van der Waals surface area contributed by atoms with Gasteiger partial charge in [-0.2, -0.15) is 0 Å². The van der Waals surface area contributed by atoms with Gasteiger partial charge < -0.3 is 20.9 Å². The molecule has 1 saturated carbocycles. The molecule has 0 radical (unpaired) electrons. The van der Waals surface area contributed by atoms with Gasteiger partial charge in [-0.15, -0.1) is 11.3 Å². The Morgan fingerprint density at radius 3 is 2.80 bits per heavy atom. The molecule has 1 aliphatic carbocycles. The van der Waals surface area contributed by atoms with E-state index in [4.69, 9.17) is 10.7 Å². The number of nitrogen functional groups attached to an aromatic ring is 1. The molecule has 2 amide bonds. The van der Waals surface area contributed by atoms with Crippen molar-refractivity contribution in [2.24, 2.45) is 0 Å². The molecule has 1 saturated heterocycles. The van der Waals surface area contributed by atoms with Crippen LogP contribution >= 0.6 is 11.3 Å². The number of aromatic nitrogens is 2. The van der Waals surface area contributed by atoms with Crippen molar-refractivity contribution >= 4 is 44.9 Å². The molecule has 0 bridgehead atoms. The Hall–Kier alpha value is -3.04. The van der Waals surface area contributed by atoms with Crippen molar-refractivity contribution in [3.05, 3.63) is 46.6 Å². The van der Waals surface area contributed by atoms with Crippen LogP contribution in [0.25, 0.3) is 10.2 Å². The Balaban J connectivity index is 1.32. The monoisotopic (exact) mass is 492 g/mol. The van der Waals surface area contributed by atoms with Crippen molar-refractivity contribution in [3.63, 3.8) is 0 Å². The molecule has 1 atom stereocenters. The van der Waals surface area contributed by atoms with Crippen molar-refractivity contribution in [1.29, 1.82) is 0 Å². The third-order valence-corrected chi connectivity index (χ3v) is 7.89. The summed E-state index contributed by atoms with van der Waals surface area (Å²) in [4.78, 5) is 39.1. The number of hydrogen-bond acceptors (Lipinski definition) is 7. The van der Waals surface area contributed by atoms with Gasteiger partial charge in [-0.3, -0.25) is 9.59 Å². The zero-order valence-electron chi connectivity index (χ0n) is 20.3. The van der Waals surface area contributed by atoms with Gasteiger partial charge in [-0.1, -0.05) is 6.07 Å². The number of likely N-dealkylation sites (N-methyl/N-ethyl adjacent to an activating group) is 1. The first kappa shape index (κ1) is 23.7. The lowest BCUT2D eigenvalue weighted by molar-refractivity contribution is -0.145. The molecule has 3 heterocycles. The summed E-state index contributed by atoms with van der Waals surface area (Å²) in [5.41, 5.74) is 9.45. The van der Waals surface area contributed by atoms with Crippen molar-refractivity contribution in [3.8, 4) is 0 Å². The molecule has 35 heavy (non-hydrogen) atoms. The average Bonchev–Trinajstić information content (AvgIpc) is 3.61. The molecule has 2 fully saturated rings. The van der Waals surface area contributed by atoms with Crippen molar-refractivity contribution in [1.82, 2.24) is 19.8 Å². The van der Waals surface area contributed by atoms with Crippen molar-refractivity contribution in [2.75, 3.05) is 38.2 Å². The number of rotatable bonds is 6. The Labute approximate surface area is 209 Å². The fourth-order valence-corrected chi connectivity index (χ4v) is 5.68. The van der Waals surface area contributed by atoms with Gasteiger partial charge in [0.05, 0.1) is 33.2 Å². The predicted molar refractivity (Wildman–Crippen MR) is 139 cm³/mol. The van der Waals surface area contributed by atoms with Crippen LogP contribution in [0.3, 0.4) is 0 Å². The van der Waals surface area contributed by atoms with Crippen LogP contribution in [0, 0.1) is 0 Å². The maximum absolute atomic E-state index is 13.3. The zero-order valence-corrected chi connectivity index (χ0v) is 21.1. The van der Waals surface area contributed by atoms with Gasteiger partial charge in [-0.05, 0) is 81.4 Å². The highest BCUT2D eigenvalue weighted by Gasteiger charge is 2.32. The summed E-state index contributed by atoms with van der Waals surface area (Å²) in [7, 11) is 4.12. The van der Waals surface area contributed by atoms with Gasteiger partial charge in [0, 0.05) is 19.5 Å². The summed E-state index contributed by atoms with van der Waals surface area (Å²) in [5, 5.41) is 3.87. The number of amides is 2. The Morgan fingerprint density at radius 2 is 2.03 bits per heavy atom. The minimum atomic E-state index is -0.633. The standard InChI is InChI=1S/C26H32N6O2S/c1-31(2)12-10-23-30-20-13-17(8-9-22(20)35-23)21-5-3-4-11-32(21)26(34)25(33)29-18-14-19(16-6-7-16)24(27)28-15-18/h8-9,13-16,21H,3-7,10-12H2,1-2H3,(H2,27,28)(H,29,33)/t21-/m0/s1. The van der Waals surface area contributed by atoms with Crippen LogP contribution in [0.15, 0.2) is 30.5 Å². The fourth-order valence-electron chi connectivity index (χ4n) is 4.74. The number of benzene rings is 1. The van der Waals surface area contributed by atoms with E-state index in [1.807, 2.05) is 6.07 Å². The maximum Gasteiger partial charge on any atom is 0.313 e. The highest BCUT2D eigenvalue weighted by Crippen LogP contribution is 2.43. The number of fused-ring (bicyclic) bond motifs is 1. The summed E-state index contributed by atoms with van der Waals surface area (Å²) in [5.74, 6) is -0.240. The van der Waals surface area contributed by atoms with Crippen molar-refractivity contribution < 1.29 is 9.59 Å². The predicted octanol–water partition coefficient (Wildman–Crippen LogP) is 3.95. The molecule has 2 aliphatic rings. The molecule has 1 aromatic carbocycles. The lowest BCUT2D eigenvalue weighted by Crippen LogP contribution is -2.44. The summed E-state index contributed by atoms with van der Waals surface area (Å²) in [6.07, 6.45) is 7.33. The van der Waals surface area contributed by atoms with Gasteiger partial charge in [-0.25, -0.2) is 9.97 Å². The van der Waals surface area contributed by atoms with E-state index in [1.165, 1.54) is 6.20 Å². The second kappa shape index (κ2) is 9.91. The molecular formula is C26H32N6O2S. The topological polar surface area (TPSA) is 104 Å². The number of hydrogen-bond donors (Lipinski definition) is 2. The van der Waals surface area contributed by atoms with Gasteiger partial charge >= 0.3 is 11.8 Å². The van der Waals surface area contributed by atoms with E-state index in [9.17, 15) is 9.59 Å². The minimum absolute atomic E-state index is 0.134. The van der Waals surface area contributed by atoms with Crippen molar-refractivity contribution in [2.45, 2.75) is 50.5 Å². The second-order valence-corrected chi connectivity index (χ2v) is 10.9. The summed E-state index contributed by atoms with van der Waals surface area (Å²) in [6.45, 7) is 1.52. The molecule has 184 valence electrons. The Kier molecular flexibility index (Phi) is 6.71. The van der Waals surface area contributed by atoms with Gasteiger partial charge in [0.25, 0.3) is 0 Å². The van der Waals surface area contributed by atoms with Crippen LogP contribution in [0.5, 0.6) is 0 Å². The SMILES string of the molecule is CN(C)CCc1nc2cc([C@@H]3CCCCN3C(=O)C(=O)Nc3cnc(N)c(C4CC4)c3)ccc2s1.